The van der Waals surface area contributed by atoms with Crippen molar-refractivity contribution >= 4 is 31.2 Å². The van der Waals surface area contributed by atoms with Crippen LogP contribution in [0.4, 0.5) is 11.4 Å². The molecule has 2 rings (SSSR count). The minimum absolute atomic E-state index is 0.0402. The van der Waals surface area contributed by atoms with Crippen molar-refractivity contribution in [1.29, 1.82) is 0 Å². The number of benzene rings is 1. The molecule has 1 aliphatic rings. The van der Waals surface area contributed by atoms with E-state index in [1.165, 1.54) is 20.2 Å². The maximum Gasteiger partial charge on any atom is 0.244 e. The standard InChI is InChI=1S/C12H19N3O4S2/c1-14(2)21(18,19)11-5-3-4-10(12(11)13)15-6-8-20(16,17)9-7-15/h3-5H,6-9,13H2,1-2H3. The molecule has 0 aromatic heterocycles. The Kier molecular flexibility index (Phi) is 4.18. The van der Waals surface area contributed by atoms with Crippen LogP contribution in [0.2, 0.25) is 0 Å². The second kappa shape index (κ2) is 5.47. The second-order valence-corrected chi connectivity index (χ2v) is 9.54. The van der Waals surface area contributed by atoms with Gasteiger partial charge in [0.15, 0.2) is 9.84 Å². The molecule has 0 unspecified atom stereocenters. The summed E-state index contributed by atoms with van der Waals surface area (Å²) in [5.41, 5.74) is 6.73. The fourth-order valence-corrected chi connectivity index (χ4v) is 4.41. The summed E-state index contributed by atoms with van der Waals surface area (Å²) < 4.78 is 48.5. The molecule has 0 bridgehead atoms. The summed E-state index contributed by atoms with van der Waals surface area (Å²) in [6, 6.07) is 4.78. The zero-order chi connectivity index (χ0) is 15.8. The van der Waals surface area contributed by atoms with Crippen molar-refractivity contribution in [3.63, 3.8) is 0 Å². The predicted molar refractivity (Wildman–Crippen MR) is 82.6 cm³/mol. The van der Waals surface area contributed by atoms with Crippen LogP contribution < -0.4 is 10.6 Å². The molecule has 1 saturated heterocycles. The fraction of sp³-hybridized carbons (Fsp3) is 0.500. The van der Waals surface area contributed by atoms with Gasteiger partial charge in [-0.3, -0.25) is 0 Å². The van der Waals surface area contributed by atoms with E-state index in [0.717, 1.165) is 4.31 Å². The third-order valence-corrected chi connectivity index (χ3v) is 6.97. The van der Waals surface area contributed by atoms with E-state index in [0.29, 0.717) is 18.8 Å². The number of sulfone groups is 1. The smallest absolute Gasteiger partial charge is 0.244 e. The van der Waals surface area contributed by atoms with Crippen molar-refractivity contribution in [2.24, 2.45) is 0 Å². The van der Waals surface area contributed by atoms with E-state index in [2.05, 4.69) is 0 Å². The summed E-state index contributed by atoms with van der Waals surface area (Å²) in [6.45, 7) is 0.635. The Balaban J connectivity index is 2.40. The zero-order valence-electron chi connectivity index (χ0n) is 12.0. The van der Waals surface area contributed by atoms with E-state index < -0.39 is 19.9 Å². The average molecular weight is 333 g/mol. The summed E-state index contributed by atoms with van der Waals surface area (Å²) in [5, 5.41) is 0. The molecule has 1 heterocycles. The van der Waals surface area contributed by atoms with E-state index >= 15 is 0 Å². The lowest BCUT2D eigenvalue weighted by Crippen LogP contribution is -2.40. The molecule has 1 aromatic carbocycles. The summed E-state index contributed by atoms with van der Waals surface area (Å²) in [5.74, 6) is 0.105. The van der Waals surface area contributed by atoms with Crippen molar-refractivity contribution in [3.05, 3.63) is 18.2 Å². The third-order valence-electron chi connectivity index (χ3n) is 3.49. The minimum atomic E-state index is -3.63. The van der Waals surface area contributed by atoms with Gasteiger partial charge in [-0.25, -0.2) is 21.1 Å². The molecule has 0 spiro atoms. The van der Waals surface area contributed by atoms with E-state index in [1.54, 1.807) is 12.1 Å². The van der Waals surface area contributed by atoms with Gasteiger partial charge in [-0.15, -0.1) is 0 Å². The van der Waals surface area contributed by atoms with Crippen molar-refractivity contribution < 1.29 is 16.8 Å². The van der Waals surface area contributed by atoms with Gasteiger partial charge in [0.1, 0.15) is 4.90 Å². The second-order valence-electron chi connectivity index (χ2n) is 5.12. The number of para-hydroxylation sites is 1. The zero-order valence-corrected chi connectivity index (χ0v) is 13.6. The molecule has 9 heteroatoms. The quantitative estimate of drug-likeness (QED) is 0.766. The Morgan fingerprint density at radius 1 is 1.19 bits per heavy atom. The van der Waals surface area contributed by atoms with Crippen LogP contribution in [0.3, 0.4) is 0 Å². The number of nitrogens with two attached hydrogens (primary N) is 1. The lowest BCUT2D eigenvalue weighted by Gasteiger charge is -2.30. The number of hydrogen-bond acceptors (Lipinski definition) is 6. The molecule has 0 atom stereocenters. The van der Waals surface area contributed by atoms with Gasteiger partial charge in [-0.2, -0.15) is 0 Å². The van der Waals surface area contributed by atoms with Crippen LogP contribution in [-0.4, -0.2) is 59.8 Å². The van der Waals surface area contributed by atoms with Crippen LogP contribution in [0.25, 0.3) is 0 Å². The maximum absolute atomic E-state index is 12.2. The topological polar surface area (TPSA) is 101 Å². The Morgan fingerprint density at radius 2 is 1.76 bits per heavy atom. The van der Waals surface area contributed by atoms with Gasteiger partial charge in [0.05, 0.1) is 22.9 Å². The van der Waals surface area contributed by atoms with Crippen LogP contribution in [0.1, 0.15) is 0 Å². The molecule has 0 amide bonds. The van der Waals surface area contributed by atoms with Gasteiger partial charge < -0.3 is 10.6 Å². The number of hydrogen-bond donors (Lipinski definition) is 1. The molecule has 1 fully saturated rings. The average Bonchev–Trinajstić information content (AvgIpc) is 2.39. The molecule has 2 N–H and O–H groups in total. The van der Waals surface area contributed by atoms with Gasteiger partial charge in [-0.05, 0) is 12.1 Å². The highest BCUT2D eigenvalue weighted by molar-refractivity contribution is 7.91. The Hall–Kier alpha value is -1.32. The Morgan fingerprint density at radius 3 is 2.29 bits per heavy atom. The molecular formula is C12H19N3O4S2. The molecular weight excluding hydrogens is 314 g/mol. The van der Waals surface area contributed by atoms with Crippen LogP contribution in [0.5, 0.6) is 0 Å². The minimum Gasteiger partial charge on any atom is -0.396 e. The van der Waals surface area contributed by atoms with Gasteiger partial charge in [0, 0.05) is 27.2 Å². The van der Waals surface area contributed by atoms with Crippen molar-refractivity contribution in [1.82, 2.24) is 4.31 Å². The monoisotopic (exact) mass is 333 g/mol. The van der Waals surface area contributed by atoms with E-state index in [4.69, 9.17) is 5.73 Å². The fourth-order valence-electron chi connectivity index (χ4n) is 2.18. The first kappa shape index (κ1) is 16.1. The molecule has 21 heavy (non-hydrogen) atoms. The first-order valence-electron chi connectivity index (χ1n) is 6.41. The van der Waals surface area contributed by atoms with E-state index in [9.17, 15) is 16.8 Å². The molecule has 0 aliphatic carbocycles. The highest BCUT2D eigenvalue weighted by Gasteiger charge is 2.26. The van der Waals surface area contributed by atoms with E-state index in [-0.39, 0.29) is 22.1 Å². The SMILES string of the molecule is CN(C)S(=O)(=O)c1cccc(N2CCS(=O)(=O)CC2)c1N. The van der Waals surface area contributed by atoms with Crippen LogP contribution in [0.15, 0.2) is 23.1 Å². The van der Waals surface area contributed by atoms with Crippen LogP contribution in [-0.2, 0) is 19.9 Å². The van der Waals surface area contributed by atoms with Gasteiger partial charge in [0.2, 0.25) is 10.0 Å². The van der Waals surface area contributed by atoms with Crippen molar-refractivity contribution in [2.45, 2.75) is 4.90 Å². The number of sulfonamides is 1. The maximum atomic E-state index is 12.2. The molecule has 0 saturated carbocycles. The van der Waals surface area contributed by atoms with Crippen LogP contribution in [0, 0.1) is 0 Å². The summed E-state index contributed by atoms with van der Waals surface area (Å²) in [7, 11) is -3.75. The van der Waals surface area contributed by atoms with Crippen molar-refractivity contribution in [3.8, 4) is 0 Å². The molecule has 118 valence electrons. The van der Waals surface area contributed by atoms with Crippen LogP contribution >= 0.6 is 0 Å². The number of nitrogens with zero attached hydrogens (tertiary/aromatic N) is 2. The molecule has 7 nitrogen and oxygen atoms in total. The van der Waals surface area contributed by atoms with Gasteiger partial charge >= 0.3 is 0 Å². The lowest BCUT2D eigenvalue weighted by atomic mass is 10.2. The lowest BCUT2D eigenvalue weighted by molar-refractivity contribution is 0.521. The number of nitrogen functional groups attached to an aromatic ring is 1. The molecule has 1 aromatic rings. The Bertz CT molecular complexity index is 728. The third kappa shape index (κ3) is 3.14. The summed E-state index contributed by atoms with van der Waals surface area (Å²) in [6.07, 6.45) is 0. The molecule has 0 radical (unpaired) electrons. The summed E-state index contributed by atoms with van der Waals surface area (Å²) >= 11 is 0. The normalized spacial score (nSPS) is 18.9. The van der Waals surface area contributed by atoms with Gasteiger partial charge in [0.25, 0.3) is 0 Å². The van der Waals surface area contributed by atoms with E-state index in [1.807, 2.05) is 4.90 Å². The first-order chi connectivity index (χ1) is 9.65. The number of anilines is 2. The highest BCUT2D eigenvalue weighted by Crippen LogP contribution is 2.31. The van der Waals surface area contributed by atoms with Crippen molar-refractivity contribution in [2.75, 3.05) is 49.3 Å². The predicted octanol–water partition coefficient (Wildman–Crippen LogP) is -0.246. The molecule has 1 aliphatic heterocycles. The largest absolute Gasteiger partial charge is 0.396 e. The van der Waals surface area contributed by atoms with Gasteiger partial charge in [-0.1, -0.05) is 6.07 Å². The Labute approximate surface area is 125 Å². The number of rotatable bonds is 3. The summed E-state index contributed by atoms with van der Waals surface area (Å²) in [4.78, 5) is 1.85. The first-order valence-corrected chi connectivity index (χ1v) is 9.68. The highest BCUT2D eigenvalue weighted by atomic mass is 32.2.